The number of esters is 1. The predicted octanol–water partition coefficient (Wildman–Crippen LogP) is 0.168. The summed E-state index contributed by atoms with van der Waals surface area (Å²) >= 11 is 0. The van der Waals surface area contributed by atoms with Gasteiger partial charge in [0.05, 0.1) is 23.7 Å². The summed E-state index contributed by atoms with van der Waals surface area (Å²) in [5, 5.41) is 4.79. The summed E-state index contributed by atoms with van der Waals surface area (Å²) in [7, 11) is -4.26. The average molecular weight is 293 g/mol. The molecule has 0 spiro atoms. The second kappa shape index (κ2) is 4.83. The molecular weight excluding hydrogens is 284 g/mol. The van der Waals surface area contributed by atoms with Gasteiger partial charge in [0, 0.05) is 0 Å². The number of halogens is 2. The smallest absolute Gasteiger partial charge is 0.341 e. The lowest BCUT2D eigenvalue weighted by atomic mass is 10.2. The zero-order chi connectivity index (χ0) is 14.2. The number of hydrogen-bond acceptors (Lipinski definition) is 5. The molecule has 0 aliphatic carbocycles. The number of carbonyl (C=O) groups excluding carboxylic acids is 1. The second-order valence-corrected chi connectivity index (χ2v) is 5.44. The van der Waals surface area contributed by atoms with Gasteiger partial charge < -0.3 is 9.47 Å². The highest BCUT2D eigenvalue weighted by atomic mass is 32.2. The molecule has 0 radical (unpaired) electrons. The highest BCUT2D eigenvalue weighted by Gasteiger charge is 2.27. The van der Waals surface area contributed by atoms with Crippen molar-refractivity contribution in [2.24, 2.45) is 5.14 Å². The maximum absolute atomic E-state index is 13.4. The predicted molar refractivity (Wildman–Crippen MR) is 57.8 cm³/mol. The number of rotatable bonds is 3. The van der Waals surface area contributed by atoms with E-state index < -0.39 is 44.2 Å². The number of primary sulfonamides is 1. The Morgan fingerprint density at radius 2 is 2.00 bits per heavy atom. The standard InChI is InChI=1S/C10H9F2NO5S/c11-8-2-6(19(13,15)16)1-7(9(8)12)10(14)18-5-3-17-4-5/h1-2,5H,3-4H2,(H2,13,15,16). The van der Waals surface area contributed by atoms with E-state index in [1.165, 1.54) is 0 Å². The van der Waals surface area contributed by atoms with Crippen LogP contribution in [-0.2, 0) is 19.5 Å². The van der Waals surface area contributed by atoms with Gasteiger partial charge in [0.2, 0.25) is 10.0 Å². The molecule has 0 atom stereocenters. The fraction of sp³-hybridized carbons (Fsp3) is 0.300. The van der Waals surface area contributed by atoms with Crippen LogP contribution in [0.5, 0.6) is 0 Å². The van der Waals surface area contributed by atoms with E-state index in [4.69, 9.17) is 14.6 Å². The Labute approximate surface area is 107 Å². The molecule has 0 unspecified atom stereocenters. The normalized spacial score (nSPS) is 15.9. The first-order chi connectivity index (χ1) is 8.79. The quantitative estimate of drug-likeness (QED) is 0.801. The van der Waals surface area contributed by atoms with Crippen LogP contribution in [0.1, 0.15) is 10.4 Å². The van der Waals surface area contributed by atoms with Crippen molar-refractivity contribution in [3.8, 4) is 0 Å². The monoisotopic (exact) mass is 293 g/mol. The van der Waals surface area contributed by atoms with E-state index in [1.54, 1.807) is 0 Å². The van der Waals surface area contributed by atoms with E-state index in [2.05, 4.69) is 0 Å². The molecule has 6 nitrogen and oxygen atoms in total. The number of benzene rings is 1. The second-order valence-electron chi connectivity index (χ2n) is 3.88. The molecule has 19 heavy (non-hydrogen) atoms. The third kappa shape index (κ3) is 2.88. The fourth-order valence-electron chi connectivity index (χ4n) is 1.37. The highest BCUT2D eigenvalue weighted by molar-refractivity contribution is 7.89. The van der Waals surface area contributed by atoms with Gasteiger partial charge in [-0.25, -0.2) is 27.1 Å². The highest BCUT2D eigenvalue weighted by Crippen LogP contribution is 2.20. The minimum atomic E-state index is -4.26. The maximum atomic E-state index is 13.4. The first-order valence-corrected chi connectivity index (χ1v) is 6.64. The summed E-state index contributed by atoms with van der Waals surface area (Å²) in [4.78, 5) is 10.9. The van der Waals surface area contributed by atoms with Crippen LogP contribution in [0.15, 0.2) is 17.0 Å². The van der Waals surface area contributed by atoms with Gasteiger partial charge in [-0.15, -0.1) is 0 Å². The van der Waals surface area contributed by atoms with Gasteiger partial charge in [-0.2, -0.15) is 0 Å². The van der Waals surface area contributed by atoms with Crippen molar-refractivity contribution in [2.75, 3.05) is 13.2 Å². The third-order valence-corrected chi connectivity index (χ3v) is 3.32. The molecule has 1 aromatic carbocycles. The first kappa shape index (κ1) is 13.8. The zero-order valence-electron chi connectivity index (χ0n) is 9.43. The van der Waals surface area contributed by atoms with Crippen LogP contribution in [0, 0.1) is 11.6 Å². The van der Waals surface area contributed by atoms with E-state index in [1.807, 2.05) is 0 Å². The van der Waals surface area contributed by atoms with Gasteiger partial charge in [0.1, 0.15) is 6.10 Å². The van der Waals surface area contributed by atoms with Crippen LogP contribution in [0.3, 0.4) is 0 Å². The summed E-state index contributed by atoms with van der Waals surface area (Å²) in [6.07, 6.45) is -0.548. The van der Waals surface area contributed by atoms with Crippen LogP contribution in [0.2, 0.25) is 0 Å². The summed E-state index contributed by atoms with van der Waals surface area (Å²) in [6.45, 7) is 0.315. The Morgan fingerprint density at radius 1 is 1.37 bits per heavy atom. The molecule has 0 bridgehead atoms. The van der Waals surface area contributed by atoms with Crippen LogP contribution in [0.4, 0.5) is 8.78 Å². The lowest BCUT2D eigenvalue weighted by Crippen LogP contribution is -2.38. The molecule has 2 N–H and O–H groups in total. The minimum Gasteiger partial charge on any atom is -0.454 e. The van der Waals surface area contributed by atoms with Crippen molar-refractivity contribution < 1.29 is 31.5 Å². The van der Waals surface area contributed by atoms with E-state index in [0.717, 1.165) is 0 Å². The van der Waals surface area contributed by atoms with Gasteiger partial charge in [-0.1, -0.05) is 0 Å². The van der Waals surface area contributed by atoms with E-state index in [0.29, 0.717) is 12.1 Å². The number of carbonyl (C=O) groups is 1. The summed E-state index contributed by atoms with van der Waals surface area (Å²) in [5.41, 5.74) is -0.823. The Bertz CT molecular complexity index is 627. The van der Waals surface area contributed by atoms with Gasteiger partial charge in [-0.05, 0) is 12.1 Å². The van der Waals surface area contributed by atoms with Gasteiger partial charge in [0.25, 0.3) is 0 Å². The maximum Gasteiger partial charge on any atom is 0.341 e. The van der Waals surface area contributed by atoms with Crippen LogP contribution < -0.4 is 5.14 Å². The van der Waals surface area contributed by atoms with E-state index in [9.17, 15) is 22.0 Å². The van der Waals surface area contributed by atoms with Gasteiger partial charge >= 0.3 is 5.97 Å². The summed E-state index contributed by atoms with van der Waals surface area (Å²) in [6, 6.07) is 1.03. The molecule has 1 aromatic rings. The lowest BCUT2D eigenvalue weighted by Gasteiger charge is -2.25. The molecule has 1 aliphatic rings. The van der Waals surface area contributed by atoms with Crippen molar-refractivity contribution in [2.45, 2.75) is 11.0 Å². The van der Waals surface area contributed by atoms with Crippen molar-refractivity contribution in [1.29, 1.82) is 0 Å². The van der Waals surface area contributed by atoms with Crippen molar-refractivity contribution in [1.82, 2.24) is 0 Å². The molecule has 1 aliphatic heterocycles. The van der Waals surface area contributed by atoms with Crippen LogP contribution >= 0.6 is 0 Å². The summed E-state index contributed by atoms with van der Waals surface area (Å²) < 4.78 is 58.4. The van der Waals surface area contributed by atoms with Crippen LogP contribution in [0.25, 0.3) is 0 Å². The van der Waals surface area contributed by atoms with Crippen molar-refractivity contribution >= 4 is 16.0 Å². The average Bonchev–Trinajstić information content (AvgIpc) is 2.25. The Morgan fingerprint density at radius 3 is 2.47 bits per heavy atom. The third-order valence-electron chi connectivity index (χ3n) is 2.43. The van der Waals surface area contributed by atoms with Crippen molar-refractivity contribution in [3.63, 3.8) is 0 Å². The van der Waals surface area contributed by atoms with E-state index >= 15 is 0 Å². The Hall–Kier alpha value is -1.58. The molecule has 0 amide bonds. The lowest BCUT2D eigenvalue weighted by molar-refractivity contribution is -0.103. The minimum absolute atomic E-state index is 0.157. The van der Waals surface area contributed by atoms with E-state index in [-0.39, 0.29) is 13.2 Å². The molecule has 1 heterocycles. The zero-order valence-corrected chi connectivity index (χ0v) is 10.2. The molecule has 104 valence electrons. The molecular formula is C10H9F2NO5S. The first-order valence-electron chi connectivity index (χ1n) is 5.09. The molecule has 0 aromatic heterocycles. The number of nitrogens with two attached hydrogens (primary N) is 1. The Balaban J connectivity index is 2.37. The number of ether oxygens (including phenoxy) is 2. The number of sulfonamides is 1. The molecule has 0 saturated carbocycles. The van der Waals surface area contributed by atoms with Gasteiger partial charge in [0.15, 0.2) is 11.6 Å². The summed E-state index contributed by atoms with van der Waals surface area (Å²) in [5.74, 6) is -4.16. The number of hydrogen-bond donors (Lipinski definition) is 1. The SMILES string of the molecule is NS(=O)(=O)c1cc(F)c(F)c(C(=O)OC2COC2)c1. The molecule has 9 heteroatoms. The molecule has 2 rings (SSSR count). The fourth-order valence-corrected chi connectivity index (χ4v) is 1.92. The van der Waals surface area contributed by atoms with Crippen LogP contribution in [-0.4, -0.2) is 33.7 Å². The molecule has 1 fully saturated rings. The van der Waals surface area contributed by atoms with Gasteiger partial charge in [-0.3, -0.25) is 0 Å². The Kier molecular flexibility index (Phi) is 3.52. The molecule has 1 saturated heterocycles. The topological polar surface area (TPSA) is 95.7 Å². The largest absolute Gasteiger partial charge is 0.454 e. The van der Waals surface area contributed by atoms with Crippen molar-refractivity contribution in [3.05, 3.63) is 29.3 Å².